The topological polar surface area (TPSA) is 59.5 Å². The molecule has 2 rings (SSSR count). The first-order valence-corrected chi connectivity index (χ1v) is 5.28. The largest absolute Gasteiger partial charge is 0.469 e. The lowest BCUT2D eigenvalue weighted by Gasteiger charge is -2.20. The van der Waals surface area contributed by atoms with E-state index in [9.17, 15) is 4.79 Å². The molecule has 1 aromatic heterocycles. The summed E-state index contributed by atoms with van der Waals surface area (Å²) in [6, 6.07) is 2.17. The van der Waals surface area contributed by atoms with Gasteiger partial charge in [-0.1, -0.05) is 0 Å². The smallest absolute Gasteiger partial charge is 0.257 e. The van der Waals surface area contributed by atoms with Crippen molar-refractivity contribution in [3.63, 3.8) is 0 Å². The van der Waals surface area contributed by atoms with E-state index < -0.39 is 0 Å². The van der Waals surface area contributed by atoms with Crippen LogP contribution in [-0.4, -0.2) is 29.9 Å². The third kappa shape index (κ3) is 2.21. The molecule has 1 aliphatic rings. The number of carbonyl (C=O) groups is 1. The Morgan fingerprint density at radius 2 is 2.40 bits per heavy atom. The monoisotopic (exact) mass is 208 g/mol. The van der Waals surface area contributed by atoms with Crippen LogP contribution in [0.4, 0.5) is 0 Å². The SMILES string of the molecule is Cc1cc(C(=O)N(CCN)C2CC2)co1. The van der Waals surface area contributed by atoms with Gasteiger partial charge in [-0.05, 0) is 25.8 Å². The molecule has 0 atom stereocenters. The Hall–Kier alpha value is -1.29. The summed E-state index contributed by atoms with van der Waals surface area (Å²) in [5, 5.41) is 0. The molecule has 15 heavy (non-hydrogen) atoms. The number of amides is 1. The lowest BCUT2D eigenvalue weighted by atomic mass is 10.2. The van der Waals surface area contributed by atoms with Gasteiger partial charge in [-0.25, -0.2) is 0 Å². The van der Waals surface area contributed by atoms with Crippen LogP contribution < -0.4 is 5.73 Å². The Morgan fingerprint density at radius 1 is 1.67 bits per heavy atom. The van der Waals surface area contributed by atoms with E-state index in [0.717, 1.165) is 18.6 Å². The third-order valence-corrected chi connectivity index (χ3v) is 2.60. The first kappa shape index (κ1) is 10.2. The van der Waals surface area contributed by atoms with E-state index in [1.54, 1.807) is 6.07 Å². The molecule has 0 saturated heterocycles. The highest BCUT2D eigenvalue weighted by molar-refractivity contribution is 5.94. The summed E-state index contributed by atoms with van der Waals surface area (Å²) in [6.45, 7) is 2.98. The van der Waals surface area contributed by atoms with Gasteiger partial charge in [0.25, 0.3) is 5.91 Å². The molecule has 1 saturated carbocycles. The number of furan rings is 1. The van der Waals surface area contributed by atoms with Gasteiger partial charge in [0, 0.05) is 19.1 Å². The zero-order valence-corrected chi connectivity index (χ0v) is 8.90. The lowest BCUT2D eigenvalue weighted by Crippen LogP contribution is -2.36. The quantitative estimate of drug-likeness (QED) is 0.807. The van der Waals surface area contributed by atoms with Crippen LogP contribution in [0.25, 0.3) is 0 Å². The second-order valence-electron chi connectivity index (χ2n) is 3.96. The van der Waals surface area contributed by atoms with E-state index in [-0.39, 0.29) is 5.91 Å². The number of nitrogens with zero attached hydrogens (tertiary/aromatic N) is 1. The maximum absolute atomic E-state index is 12.0. The Balaban J connectivity index is 2.10. The fourth-order valence-electron chi connectivity index (χ4n) is 1.70. The Morgan fingerprint density at radius 3 is 2.87 bits per heavy atom. The van der Waals surface area contributed by atoms with Gasteiger partial charge in [-0.2, -0.15) is 0 Å². The Kier molecular flexibility index (Phi) is 2.77. The van der Waals surface area contributed by atoms with Crippen LogP contribution in [0.5, 0.6) is 0 Å². The van der Waals surface area contributed by atoms with E-state index in [1.165, 1.54) is 6.26 Å². The maximum atomic E-state index is 12.0. The minimum absolute atomic E-state index is 0.0415. The first-order valence-electron chi connectivity index (χ1n) is 5.28. The molecular weight excluding hydrogens is 192 g/mol. The molecule has 0 spiro atoms. The molecule has 82 valence electrons. The summed E-state index contributed by atoms with van der Waals surface area (Å²) in [4.78, 5) is 13.9. The standard InChI is InChI=1S/C11H16N2O2/c1-8-6-9(7-15-8)11(14)13(5-4-12)10-2-3-10/h6-7,10H,2-5,12H2,1H3. The van der Waals surface area contributed by atoms with Crippen molar-refractivity contribution < 1.29 is 9.21 Å². The fourth-order valence-corrected chi connectivity index (χ4v) is 1.70. The van der Waals surface area contributed by atoms with Gasteiger partial charge in [0.15, 0.2) is 0 Å². The summed E-state index contributed by atoms with van der Waals surface area (Å²) in [5.74, 6) is 0.807. The highest BCUT2D eigenvalue weighted by atomic mass is 16.3. The van der Waals surface area contributed by atoms with E-state index in [0.29, 0.717) is 24.7 Å². The van der Waals surface area contributed by atoms with Gasteiger partial charge in [-0.3, -0.25) is 4.79 Å². The molecule has 0 radical (unpaired) electrons. The van der Waals surface area contributed by atoms with Gasteiger partial charge in [0.1, 0.15) is 12.0 Å². The molecule has 4 nitrogen and oxygen atoms in total. The molecule has 2 N–H and O–H groups in total. The van der Waals surface area contributed by atoms with Crippen LogP contribution in [0.3, 0.4) is 0 Å². The minimum Gasteiger partial charge on any atom is -0.469 e. The van der Waals surface area contributed by atoms with Crippen LogP contribution in [0, 0.1) is 6.92 Å². The van der Waals surface area contributed by atoms with Gasteiger partial charge in [0.05, 0.1) is 5.56 Å². The normalized spacial score (nSPS) is 15.3. The molecule has 1 amide bonds. The summed E-state index contributed by atoms with van der Waals surface area (Å²) in [7, 11) is 0. The van der Waals surface area contributed by atoms with E-state index in [4.69, 9.17) is 10.2 Å². The molecule has 1 heterocycles. The summed E-state index contributed by atoms with van der Waals surface area (Å²) < 4.78 is 5.14. The lowest BCUT2D eigenvalue weighted by molar-refractivity contribution is 0.0747. The molecule has 4 heteroatoms. The van der Waals surface area contributed by atoms with Crippen molar-refractivity contribution in [2.45, 2.75) is 25.8 Å². The van der Waals surface area contributed by atoms with Crippen LogP contribution in [0.15, 0.2) is 16.7 Å². The van der Waals surface area contributed by atoms with E-state index in [2.05, 4.69) is 0 Å². The molecule has 0 bridgehead atoms. The van der Waals surface area contributed by atoms with Gasteiger partial charge >= 0.3 is 0 Å². The number of hydrogen-bond donors (Lipinski definition) is 1. The second-order valence-corrected chi connectivity index (χ2v) is 3.96. The minimum atomic E-state index is 0.0415. The van der Waals surface area contributed by atoms with Crippen molar-refractivity contribution in [3.8, 4) is 0 Å². The zero-order valence-electron chi connectivity index (χ0n) is 8.90. The third-order valence-electron chi connectivity index (χ3n) is 2.60. The second kappa shape index (κ2) is 4.06. The predicted octanol–water partition coefficient (Wildman–Crippen LogP) is 1.15. The van der Waals surface area contributed by atoms with Gasteiger partial charge in [-0.15, -0.1) is 0 Å². The maximum Gasteiger partial charge on any atom is 0.257 e. The van der Waals surface area contributed by atoms with Crippen LogP contribution >= 0.6 is 0 Å². The number of rotatable bonds is 4. The zero-order chi connectivity index (χ0) is 10.8. The highest BCUT2D eigenvalue weighted by Crippen LogP contribution is 2.28. The predicted molar refractivity (Wildman–Crippen MR) is 56.6 cm³/mol. The molecule has 0 aromatic carbocycles. The number of hydrogen-bond acceptors (Lipinski definition) is 3. The van der Waals surface area contributed by atoms with E-state index >= 15 is 0 Å². The van der Waals surface area contributed by atoms with E-state index in [1.807, 2.05) is 11.8 Å². The molecule has 0 unspecified atom stereocenters. The highest BCUT2D eigenvalue weighted by Gasteiger charge is 2.32. The van der Waals surface area contributed by atoms with Gasteiger partial charge in [0.2, 0.25) is 0 Å². The fraction of sp³-hybridized carbons (Fsp3) is 0.545. The van der Waals surface area contributed by atoms with Gasteiger partial charge < -0.3 is 15.1 Å². The Bertz CT molecular complexity index is 355. The molecular formula is C11H16N2O2. The number of aryl methyl sites for hydroxylation is 1. The summed E-state index contributed by atoms with van der Waals surface area (Å²) in [6.07, 6.45) is 3.72. The van der Waals surface area contributed by atoms with Crippen LogP contribution in [0.2, 0.25) is 0 Å². The molecule has 0 aliphatic heterocycles. The number of nitrogens with two attached hydrogens (primary N) is 1. The van der Waals surface area contributed by atoms with Crippen molar-refractivity contribution in [2.24, 2.45) is 5.73 Å². The van der Waals surface area contributed by atoms with Crippen molar-refractivity contribution >= 4 is 5.91 Å². The average Bonchev–Trinajstić information content (AvgIpc) is 2.96. The van der Waals surface area contributed by atoms with Crippen molar-refractivity contribution in [1.82, 2.24) is 4.90 Å². The average molecular weight is 208 g/mol. The van der Waals surface area contributed by atoms with Crippen LogP contribution in [-0.2, 0) is 0 Å². The summed E-state index contributed by atoms with van der Waals surface area (Å²) in [5.41, 5.74) is 6.13. The van der Waals surface area contributed by atoms with Crippen LogP contribution in [0.1, 0.15) is 29.0 Å². The number of carbonyl (C=O) groups excluding carboxylic acids is 1. The molecule has 1 fully saturated rings. The molecule has 1 aliphatic carbocycles. The summed E-state index contributed by atoms with van der Waals surface area (Å²) >= 11 is 0. The van der Waals surface area contributed by atoms with Crippen molar-refractivity contribution in [1.29, 1.82) is 0 Å². The molecule has 1 aromatic rings. The Labute approximate surface area is 89.0 Å². The van der Waals surface area contributed by atoms with Crippen molar-refractivity contribution in [3.05, 3.63) is 23.7 Å². The van der Waals surface area contributed by atoms with Crippen molar-refractivity contribution in [2.75, 3.05) is 13.1 Å². The first-order chi connectivity index (χ1) is 7.22.